The Morgan fingerprint density at radius 2 is 1.46 bits per heavy atom. The third kappa shape index (κ3) is 5.56. The zero-order valence-corrected chi connectivity index (χ0v) is 30.0. The number of allylic oxidation sites excluding steroid dienone is 1. The zero-order chi connectivity index (χ0) is 26.8. The molecule has 0 saturated heterocycles. The van der Waals surface area contributed by atoms with Gasteiger partial charge in [-0.15, -0.1) is 34.5 Å². The summed E-state index contributed by atoms with van der Waals surface area (Å²) in [7, 11) is -1.19. The van der Waals surface area contributed by atoms with Crippen LogP contribution in [0.25, 0.3) is 32.8 Å². The van der Waals surface area contributed by atoms with Gasteiger partial charge in [0.05, 0.1) is 8.07 Å². The average Bonchev–Trinajstić information content (AvgIpc) is 3.57. The fourth-order valence-electron chi connectivity index (χ4n) is 7.11. The van der Waals surface area contributed by atoms with Crippen molar-refractivity contribution in [2.75, 3.05) is 0 Å². The van der Waals surface area contributed by atoms with Crippen molar-refractivity contribution in [1.29, 1.82) is 0 Å². The van der Waals surface area contributed by atoms with E-state index in [1.54, 1.807) is 16.3 Å². The molecule has 0 N–H and O–H groups in total. The van der Waals surface area contributed by atoms with Crippen LogP contribution < -0.4 is 24.8 Å². The van der Waals surface area contributed by atoms with E-state index in [-0.39, 0.29) is 51.0 Å². The fourth-order valence-corrected chi connectivity index (χ4v) is 11.4. The summed E-state index contributed by atoms with van der Waals surface area (Å²) in [4.78, 5) is 0. The smallest absolute Gasteiger partial charge is 1.00 e. The van der Waals surface area contributed by atoms with Gasteiger partial charge in [-0.05, 0) is 59.9 Å². The van der Waals surface area contributed by atoms with Crippen LogP contribution in [0.15, 0.2) is 96.6 Å². The standard InChI is InChI=1S/C19H19.C17H19NSi.2ClH.Zr/c1-13(2)15-7-9-16(10-8-15)18-6-4-5-17-11-14(3)12-19(17)18;1-11-10-14-15(17-12(2)16(14)19(17,3)4)18(11)13-8-6-5-7-9-13;;;/h4-13H,1-3H3;5-10,16H,1-4H3;2*1H;/q-1;;;;+3/p-2. The number of hydrogen-bond donors (Lipinski definition) is 0. The Hall–Kier alpha value is -2.03. The number of hydrogen-bond acceptors (Lipinski definition) is 0. The molecule has 1 radical (unpaired) electrons. The van der Waals surface area contributed by atoms with Gasteiger partial charge in [-0.2, -0.15) is 6.07 Å². The summed E-state index contributed by atoms with van der Waals surface area (Å²) < 4.78 is 2.47. The van der Waals surface area contributed by atoms with Gasteiger partial charge in [-0.25, -0.2) is 0 Å². The van der Waals surface area contributed by atoms with Gasteiger partial charge in [0.15, 0.2) is 0 Å². The van der Waals surface area contributed by atoms with E-state index >= 15 is 0 Å². The molecule has 209 valence electrons. The first-order chi connectivity index (χ1) is 18.2. The van der Waals surface area contributed by atoms with Crippen molar-refractivity contribution in [1.82, 2.24) is 4.57 Å². The van der Waals surface area contributed by atoms with Crippen LogP contribution in [0.4, 0.5) is 0 Å². The molecule has 5 heteroatoms. The third-order valence-corrected chi connectivity index (χ3v) is 12.9. The number of nitrogens with zero attached hydrogens (tertiary/aromatic N) is 1. The van der Waals surface area contributed by atoms with Crippen LogP contribution in [-0.4, -0.2) is 12.6 Å². The second kappa shape index (κ2) is 12.7. The van der Waals surface area contributed by atoms with Crippen molar-refractivity contribution in [3.8, 4) is 16.8 Å². The van der Waals surface area contributed by atoms with Crippen molar-refractivity contribution >= 4 is 24.0 Å². The van der Waals surface area contributed by atoms with E-state index in [9.17, 15) is 0 Å². The average molecular weight is 675 g/mol. The molecule has 5 aromatic rings. The molecule has 4 aromatic carbocycles. The molecule has 0 fully saturated rings. The van der Waals surface area contributed by atoms with E-state index in [2.05, 4.69) is 143 Å². The molecule has 1 unspecified atom stereocenters. The second-order valence-electron chi connectivity index (χ2n) is 12.1. The van der Waals surface area contributed by atoms with Crippen molar-refractivity contribution < 1.29 is 51.0 Å². The van der Waals surface area contributed by atoms with E-state index in [0.29, 0.717) is 5.92 Å². The van der Waals surface area contributed by atoms with E-state index in [4.69, 9.17) is 0 Å². The molecule has 0 amide bonds. The third-order valence-electron chi connectivity index (χ3n) is 8.75. The monoisotopic (exact) mass is 672 g/mol. The van der Waals surface area contributed by atoms with Gasteiger partial charge in [0, 0.05) is 22.6 Å². The van der Waals surface area contributed by atoms with Gasteiger partial charge in [0.25, 0.3) is 0 Å². The summed E-state index contributed by atoms with van der Waals surface area (Å²) in [6.45, 7) is 16.2. The molecule has 1 nitrogen and oxygen atoms in total. The molecule has 2 bridgehead atoms. The number of rotatable bonds is 3. The number of aryl methyl sites for hydroxylation is 2. The Morgan fingerprint density at radius 1 is 0.805 bits per heavy atom. The van der Waals surface area contributed by atoms with Gasteiger partial charge in [0.2, 0.25) is 0 Å². The Kier molecular flexibility index (Phi) is 10.4. The van der Waals surface area contributed by atoms with Crippen LogP contribution in [0, 0.1) is 13.8 Å². The van der Waals surface area contributed by atoms with Crippen LogP contribution in [0.2, 0.25) is 13.1 Å². The molecule has 3 heterocycles. The Bertz CT molecular complexity index is 1690. The Labute approximate surface area is 278 Å². The SMILES string of the molecule is CC1=C2c3c(cc(C)n3-c3ccccc3)C1[Si]2(C)C.Cc1cc2c(-c3ccc(C(C)C)cc3)cccc2[cH-]1.[Cl-].[Cl-].[Zr+3]. The molecular weight excluding hydrogens is 637 g/mol. The van der Waals surface area contributed by atoms with Gasteiger partial charge in [-0.1, -0.05) is 93.5 Å². The van der Waals surface area contributed by atoms with Crippen LogP contribution >= 0.6 is 0 Å². The first kappa shape index (κ1) is 33.5. The normalized spacial score (nSPS) is 15.7. The topological polar surface area (TPSA) is 4.93 Å². The summed E-state index contributed by atoms with van der Waals surface area (Å²) in [5.41, 5.74) is 13.6. The molecule has 1 atom stereocenters. The predicted molar refractivity (Wildman–Crippen MR) is 167 cm³/mol. The fraction of sp³-hybridized carbons (Fsp3) is 0.250. The first-order valence-corrected chi connectivity index (χ1v) is 17.0. The molecule has 1 aromatic heterocycles. The quantitative estimate of drug-likeness (QED) is 0.201. The molecule has 1 aliphatic carbocycles. The maximum absolute atomic E-state index is 2.52. The molecule has 41 heavy (non-hydrogen) atoms. The largest absolute Gasteiger partial charge is 3.00 e. The number of benzene rings is 3. The van der Waals surface area contributed by atoms with Crippen LogP contribution in [0.5, 0.6) is 0 Å². The van der Waals surface area contributed by atoms with Crippen molar-refractivity contribution in [3.05, 3.63) is 125 Å². The minimum Gasteiger partial charge on any atom is -1.00 e. The van der Waals surface area contributed by atoms with Crippen molar-refractivity contribution in [2.24, 2.45) is 0 Å². The minimum absolute atomic E-state index is 0. The van der Waals surface area contributed by atoms with Crippen molar-refractivity contribution in [3.63, 3.8) is 0 Å². The van der Waals surface area contributed by atoms with Gasteiger partial charge in [-0.3, -0.25) is 0 Å². The molecule has 0 saturated carbocycles. The number of aromatic nitrogens is 1. The molecule has 0 spiro atoms. The predicted octanol–water partition coefficient (Wildman–Crippen LogP) is 4.12. The van der Waals surface area contributed by atoms with Crippen molar-refractivity contribution in [2.45, 2.75) is 59.2 Å². The molecule has 3 aliphatic rings. The first-order valence-electron chi connectivity index (χ1n) is 13.9. The van der Waals surface area contributed by atoms with E-state index in [1.165, 1.54) is 50.1 Å². The van der Waals surface area contributed by atoms with Crippen LogP contribution in [0.1, 0.15) is 60.3 Å². The number of fused-ring (bicyclic) bond motifs is 1. The van der Waals surface area contributed by atoms with E-state index < -0.39 is 8.07 Å². The van der Waals surface area contributed by atoms with E-state index in [0.717, 1.165) is 5.54 Å². The summed E-state index contributed by atoms with van der Waals surface area (Å²) in [6, 6.07) is 33.3. The number of halogens is 2. The zero-order valence-electron chi connectivity index (χ0n) is 25.0. The molecule has 8 rings (SSSR count). The van der Waals surface area contributed by atoms with Crippen LogP contribution in [0.3, 0.4) is 0 Å². The summed E-state index contributed by atoms with van der Waals surface area (Å²) >= 11 is 0. The molecule has 2 aliphatic heterocycles. The minimum atomic E-state index is -1.19. The summed E-state index contributed by atoms with van der Waals surface area (Å²) in [6.07, 6.45) is 0. The maximum atomic E-state index is 2.52. The van der Waals surface area contributed by atoms with Gasteiger partial charge < -0.3 is 29.4 Å². The van der Waals surface area contributed by atoms with E-state index in [1.807, 2.05) is 0 Å². The second-order valence-corrected chi connectivity index (χ2v) is 16.6. The van der Waals surface area contributed by atoms with Gasteiger partial charge >= 0.3 is 26.2 Å². The number of para-hydroxylation sites is 1. The maximum Gasteiger partial charge on any atom is 3.00 e. The summed E-state index contributed by atoms with van der Waals surface area (Å²) in [5, 5.41) is 4.41. The Morgan fingerprint density at radius 3 is 2.07 bits per heavy atom. The molecular formula is C36H38Cl2NSiZr. The van der Waals surface area contributed by atoms with Crippen LogP contribution in [-0.2, 0) is 26.2 Å². The van der Waals surface area contributed by atoms with Gasteiger partial charge in [0.1, 0.15) is 0 Å². The summed E-state index contributed by atoms with van der Waals surface area (Å²) in [5.74, 6) is 0.589. The Balaban J connectivity index is 0.000000210.